The molecule has 0 heterocycles. The molecule has 0 bridgehead atoms. The van der Waals surface area contributed by atoms with Gasteiger partial charge in [0.15, 0.2) is 24.3 Å². The summed E-state index contributed by atoms with van der Waals surface area (Å²) in [5, 5.41) is 11.4. The van der Waals surface area contributed by atoms with Crippen LogP contribution in [0.2, 0.25) is 0 Å². The van der Waals surface area contributed by atoms with E-state index in [2.05, 4.69) is 5.32 Å². The third-order valence-corrected chi connectivity index (χ3v) is 5.23. The summed E-state index contributed by atoms with van der Waals surface area (Å²) in [4.78, 5) is 50.6. The summed E-state index contributed by atoms with van der Waals surface area (Å²) in [7, 11) is 0. The number of ketones is 2. The van der Waals surface area contributed by atoms with E-state index in [0.717, 1.165) is 0 Å². The van der Waals surface area contributed by atoms with Crippen LogP contribution in [0.5, 0.6) is 5.75 Å². The summed E-state index contributed by atoms with van der Waals surface area (Å²) in [6, 6.07) is 19.2. The summed E-state index contributed by atoms with van der Waals surface area (Å²) in [6.07, 6.45) is -1.19. The Kier molecular flexibility index (Phi) is 6.19. The molecule has 0 aliphatic heterocycles. The number of carbonyl (C=O) groups is 4. The lowest BCUT2D eigenvalue weighted by atomic mass is 9.83. The van der Waals surface area contributed by atoms with E-state index in [9.17, 15) is 19.2 Å². The van der Waals surface area contributed by atoms with Gasteiger partial charge in [-0.25, -0.2) is 4.79 Å². The third kappa shape index (κ3) is 4.40. The Morgan fingerprint density at radius 2 is 1.56 bits per heavy atom. The normalized spacial score (nSPS) is 12.6. The zero-order valence-corrected chi connectivity index (χ0v) is 18.0. The predicted molar refractivity (Wildman–Crippen MR) is 121 cm³/mol. The smallest absolute Gasteiger partial charge is 0.344 e. The van der Waals surface area contributed by atoms with E-state index in [1.807, 2.05) is 6.07 Å². The van der Waals surface area contributed by atoms with Gasteiger partial charge in [0.2, 0.25) is 0 Å². The second kappa shape index (κ2) is 9.38. The van der Waals surface area contributed by atoms with Gasteiger partial charge < -0.3 is 14.8 Å². The van der Waals surface area contributed by atoms with Crippen molar-refractivity contribution in [3.05, 3.63) is 94.5 Å². The molecule has 0 saturated heterocycles. The number of nitrogens with one attached hydrogen (secondary N) is 1. The van der Waals surface area contributed by atoms with Gasteiger partial charge in [0.1, 0.15) is 5.75 Å². The van der Waals surface area contributed by atoms with Crippen LogP contribution in [-0.2, 0) is 14.3 Å². The molecule has 8 nitrogen and oxygen atoms in total. The van der Waals surface area contributed by atoms with E-state index in [1.165, 1.54) is 31.2 Å². The number of nitriles is 1. The third-order valence-electron chi connectivity index (χ3n) is 5.23. The lowest BCUT2D eigenvalue weighted by Gasteiger charge is -2.21. The van der Waals surface area contributed by atoms with Gasteiger partial charge in [0.05, 0.1) is 22.9 Å². The standard InChI is InChI=1S/C26H18N2O6/c1-15(34-22(29)14-33-17-11-9-16(13-27)10-12-17)26(32)28-21-8-4-7-20-23(21)25(31)19-6-3-2-5-18(19)24(20)30/h2-12,15H,14H2,1H3,(H,28,32). The van der Waals surface area contributed by atoms with Gasteiger partial charge in [0, 0.05) is 16.7 Å². The van der Waals surface area contributed by atoms with Gasteiger partial charge in [0.25, 0.3) is 5.91 Å². The average Bonchev–Trinajstić information content (AvgIpc) is 2.86. The van der Waals surface area contributed by atoms with Crippen molar-refractivity contribution in [1.82, 2.24) is 0 Å². The molecular formula is C26H18N2O6. The quantitative estimate of drug-likeness (QED) is 0.444. The van der Waals surface area contributed by atoms with Crippen molar-refractivity contribution in [2.75, 3.05) is 11.9 Å². The Balaban J connectivity index is 1.42. The summed E-state index contributed by atoms with van der Waals surface area (Å²) < 4.78 is 10.4. The first-order valence-corrected chi connectivity index (χ1v) is 10.3. The minimum atomic E-state index is -1.19. The van der Waals surface area contributed by atoms with Crippen molar-refractivity contribution in [2.24, 2.45) is 0 Å². The molecule has 8 heteroatoms. The first kappa shape index (κ1) is 22.4. The molecule has 4 rings (SSSR count). The molecule has 0 fully saturated rings. The predicted octanol–water partition coefficient (Wildman–Crippen LogP) is 3.28. The Morgan fingerprint density at radius 1 is 0.912 bits per heavy atom. The minimum absolute atomic E-state index is 0.0993. The van der Waals surface area contributed by atoms with Crippen molar-refractivity contribution in [1.29, 1.82) is 5.26 Å². The molecule has 1 aliphatic carbocycles. The lowest BCUT2D eigenvalue weighted by molar-refractivity contribution is -0.155. The first-order valence-electron chi connectivity index (χ1n) is 10.3. The fraction of sp³-hybridized carbons (Fsp3) is 0.115. The van der Waals surface area contributed by atoms with E-state index in [-0.39, 0.29) is 33.9 Å². The van der Waals surface area contributed by atoms with E-state index >= 15 is 0 Å². The molecule has 1 N–H and O–H groups in total. The largest absolute Gasteiger partial charge is 0.482 e. The van der Waals surface area contributed by atoms with Gasteiger partial charge in [-0.15, -0.1) is 0 Å². The SMILES string of the molecule is CC(OC(=O)COc1ccc(C#N)cc1)C(=O)Nc1cccc2c1C(=O)c1ccccc1C2=O. The summed E-state index contributed by atoms with van der Waals surface area (Å²) in [5.74, 6) is -1.75. The summed E-state index contributed by atoms with van der Waals surface area (Å²) in [5.41, 5.74) is 1.48. The van der Waals surface area contributed by atoms with E-state index in [1.54, 1.807) is 42.5 Å². The highest BCUT2D eigenvalue weighted by molar-refractivity contribution is 6.30. The van der Waals surface area contributed by atoms with Crippen LogP contribution in [0, 0.1) is 11.3 Å². The zero-order valence-electron chi connectivity index (χ0n) is 18.0. The number of ether oxygens (including phenoxy) is 2. The molecular weight excluding hydrogens is 436 g/mol. The van der Waals surface area contributed by atoms with Crippen molar-refractivity contribution >= 4 is 29.1 Å². The van der Waals surface area contributed by atoms with E-state index < -0.39 is 24.6 Å². The van der Waals surface area contributed by atoms with Gasteiger partial charge in [-0.05, 0) is 37.3 Å². The molecule has 1 amide bonds. The molecule has 34 heavy (non-hydrogen) atoms. The maximum absolute atomic E-state index is 13.0. The van der Waals surface area contributed by atoms with E-state index in [4.69, 9.17) is 14.7 Å². The lowest BCUT2D eigenvalue weighted by Crippen LogP contribution is -2.32. The second-order valence-corrected chi connectivity index (χ2v) is 7.48. The Labute approximate surface area is 194 Å². The van der Waals surface area contributed by atoms with Crippen LogP contribution in [0.25, 0.3) is 0 Å². The molecule has 0 spiro atoms. The van der Waals surface area contributed by atoms with Crippen LogP contribution >= 0.6 is 0 Å². The topological polar surface area (TPSA) is 123 Å². The molecule has 168 valence electrons. The van der Waals surface area contributed by atoms with Crippen molar-refractivity contribution in [3.8, 4) is 11.8 Å². The van der Waals surface area contributed by atoms with Gasteiger partial charge in [-0.1, -0.05) is 36.4 Å². The van der Waals surface area contributed by atoms with Crippen LogP contribution < -0.4 is 10.1 Å². The number of hydrogen-bond acceptors (Lipinski definition) is 7. The number of carbonyl (C=O) groups excluding carboxylic acids is 4. The Morgan fingerprint density at radius 3 is 2.24 bits per heavy atom. The minimum Gasteiger partial charge on any atom is -0.482 e. The van der Waals surface area contributed by atoms with Gasteiger partial charge in [-0.3, -0.25) is 14.4 Å². The molecule has 0 radical (unpaired) electrons. The number of benzene rings is 3. The monoisotopic (exact) mass is 454 g/mol. The molecule has 3 aromatic rings. The van der Waals surface area contributed by atoms with Crippen LogP contribution in [0.4, 0.5) is 5.69 Å². The van der Waals surface area contributed by atoms with Crippen molar-refractivity contribution in [3.63, 3.8) is 0 Å². The van der Waals surface area contributed by atoms with Crippen LogP contribution in [0.15, 0.2) is 66.7 Å². The number of amides is 1. The summed E-state index contributed by atoms with van der Waals surface area (Å²) in [6.45, 7) is 0.945. The number of nitrogens with zero attached hydrogens (tertiary/aromatic N) is 1. The highest BCUT2D eigenvalue weighted by Crippen LogP contribution is 2.32. The van der Waals surface area contributed by atoms with Crippen LogP contribution in [-0.4, -0.2) is 36.2 Å². The Hall–Kier alpha value is -4.77. The zero-order chi connectivity index (χ0) is 24.2. The molecule has 1 atom stereocenters. The van der Waals surface area contributed by atoms with Crippen LogP contribution in [0.1, 0.15) is 44.3 Å². The van der Waals surface area contributed by atoms with Gasteiger partial charge >= 0.3 is 5.97 Å². The average molecular weight is 454 g/mol. The number of fused-ring (bicyclic) bond motifs is 2. The van der Waals surface area contributed by atoms with Crippen molar-refractivity contribution in [2.45, 2.75) is 13.0 Å². The first-order chi connectivity index (χ1) is 16.4. The molecule has 0 saturated carbocycles. The summed E-state index contributed by atoms with van der Waals surface area (Å²) >= 11 is 0. The number of anilines is 1. The van der Waals surface area contributed by atoms with E-state index in [0.29, 0.717) is 16.9 Å². The fourth-order valence-corrected chi connectivity index (χ4v) is 3.54. The maximum Gasteiger partial charge on any atom is 0.344 e. The highest BCUT2D eigenvalue weighted by Gasteiger charge is 2.32. The number of hydrogen-bond donors (Lipinski definition) is 1. The molecule has 1 unspecified atom stereocenters. The van der Waals surface area contributed by atoms with Gasteiger partial charge in [-0.2, -0.15) is 5.26 Å². The van der Waals surface area contributed by atoms with Crippen LogP contribution in [0.3, 0.4) is 0 Å². The molecule has 1 aliphatic rings. The molecule has 0 aromatic heterocycles. The number of rotatable bonds is 6. The molecule has 3 aromatic carbocycles. The highest BCUT2D eigenvalue weighted by atomic mass is 16.6. The number of esters is 1. The van der Waals surface area contributed by atoms with Crippen molar-refractivity contribution < 1.29 is 28.7 Å². The fourth-order valence-electron chi connectivity index (χ4n) is 3.54. The maximum atomic E-state index is 13.0. The second-order valence-electron chi connectivity index (χ2n) is 7.48. The Bertz CT molecular complexity index is 1350.